The van der Waals surface area contributed by atoms with Crippen molar-refractivity contribution in [2.45, 2.75) is 40.2 Å². The van der Waals surface area contributed by atoms with Gasteiger partial charge in [0, 0.05) is 5.56 Å². The van der Waals surface area contributed by atoms with Gasteiger partial charge < -0.3 is 4.74 Å². The van der Waals surface area contributed by atoms with Crippen LogP contribution in [0, 0.1) is 13.8 Å². The van der Waals surface area contributed by atoms with Crippen LogP contribution in [0.3, 0.4) is 0 Å². The second kappa shape index (κ2) is 3.05. The molecule has 1 rings (SSSR count). The van der Waals surface area contributed by atoms with E-state index in [1.165, 1.54) is 0 Å². The second-order valence-corrected chi connectivity index (χ2v) is 4.30. The molecule has 0 atom stereocenters. The molecular formula is C10H18N2O. The zero-order valence-corrected chi connectivity index (χ0v) is 9.30. The normalized spacial score (nSPS) is 11.8. The van der Waals surface area contributed by atoms with Crippen LogP contribution >= 0.6 is 0 Å². The van der Waals surface area contributed by atoms with E-state index in [1.54, 1.807) is 7.11 Å². The number of methoxy groups -OCH3 is 1. The minimum absolute atomic E-state index is 0.0234. The number of nitrogens with zero attached hydrogens (tertiary/aromatic N) is 2. The van der Waals surface area contributed by atoms with Gasteiger partial charge in [0.25, 0.3) is 0 Å². The fourth-order valence-electron chi connectivity index (χ4n) is 1.28. The van der Waals surface area contributed by atoms with E-state index in [0.29, 0.717) is 0 Å². The van der Waals surface area contributed by atoms with Crippen LogP contribution in [0.15, 0.2) is 0 Å². The highest BCUT2D eigenvalue weighted by Gasteiger charge is 2.21. The van der Waals surface area contributed by atoms with Crippen LogP contribution in [-0.4, -0.2) is 16.9 Å². The first-order chi connectivity index (χ1) is 5.88. The lowest BCUT2D eigenvalue weighted by molar-refractivity contribution is 0.281. The van der Waals surface area contributed by atoms with Gasteiger partial charge in [-0.25, -0.2) is 4.68 Å². The number of aryl methyl sites for hydroxylation is 1. The minimum Gasteiger partial charge on any atom is -0.481 e. The zero-order chi connectivity index (χ0) is 10.2. The predicted molar refractivity (Wildman–Crippen MR) is 53.2 cm³/mol. The molecule has 3 nitrogen and oxygen atoms in total. The molecule has 0 saturated carbocycles. The summed E-state index contributed by atoms with van der Waals surface area (Å²) in [6.07, 6.45) is 0. The van der Waals surface area contributed by atoms with E-state index in [1.807, 2.05) is 18.5 Å². The predicted octanol–water partition coefficient (Wildman–Crippen LogP) is 2.26. The smallest absolute Gasteiger partial charge is 0.215 e. The van der Waals surface area contributed by atoms with Crippen molar-refractivity contribution in [1.82, 2.24) is 9.78 Å². The quantitative estimate of drug-likeness (QED) is 0.666. The molecule has 0 aliphatic rings. The Balaban J connectivity index is 3.30. The Kier molecular flexibility index (Phi) is 2.37. The van der Waals surface area contributed by atoms with Crippen molar-refractivity contribution in [3.63, 3.8) is 0 Å². The topological polar surface area (TPSA) is 27.1 Å². The van der Waals surface area contributed by atoms with Crippen LogP contribution in [0.25, 0.3) is 0 Å². The zero-order valence-electron chi connectivity index (χ0n) is 9.30. The molecule has 74 valence electrons. The Morgan fingerprint density at radius 1 is 1.23 bits per heavy atom. The lowest BCUT2D eigenvalue weighted by Gasteiger charge is -2.21. The SMILES string of the molecule is COc1c(C)c(C)nn1C(C)(C)C. The molecule has 0 aromatic carbocycles. The number of rotatable bonds is 1. The summed E-state index contributed by atoms with van der Waals surface area (Å²) in [7, 11) is 1.69. The summed E-state index contributed by atoms with van der Waals surface area (Å²) in [5, 5.41) is 4.44. The summed E-state index contributed by atoms with van der Waals surface area (Å²) in [6, 6.07) is 0. The van der Waals surface area contributed by atoms with Crippen molar-refractivity contribution in [3.8, 4) is 5.88 Å². The van der Waals surface area contributed by atoms with E-state index in [9.17, 15) is 0 Å². The molecule has 1 heterocycles. The lowest BCUT2D eigenvalue weighted by atomic mass is 10.1. The van der Waals surface area contributed by atoms with Crippen LogP contribution in [0.4, 0.5) is 0 Å². The third kappa shape index (κ3) is 1.69. The Bertz CT molecular complexity index is 307. The van der Waals surface area contributed by atoms with E-state index in [2.05, 4.69) is 25.9 Å². The van der Waals surface area contributed by atoms with Gasteiger partial charge in [0.1, 0.15) is 0 Å². The number of aromatic nitrogens is 2. The highest BCUT2D eigenvalue weighted by atomic mass is 16.5. The molecule has 3 heteroatoms. The third-order valence-corrected chi connectivity index (χ3v) is 2.13. The van der Waals surface area contributed by atoms with Gasteiger partial charge in [-0.3, -0.25) is 0 Å². The monoisotopic (exact) mass is 182 g/mol. The van der Waals surface area contributed by atoms with Crippen LogP contribution in [0.5, 0.6) is 5.88 Å². The first-order valence-corrected chi connectivity index (χ1v) is 4.48. The van der Waals surface area contributed by atoms with Gasteiger partial charge in [-0.05, 0) is 34.6 Å². The van der Waals surface area contributed by atoms with Gasteiger partial charge in [-0.2, -0.15) is 5.10 Å². The molecule has 0 N–H and O–H groups in total. The van der Waals surface area contributed by atoms with Crippen molar-refractivity contribution in [1.29, 1.82) is 0 Å². The van der Waals surface area contributed by atoms with Gasteiger partial charge >= 0.3 is 0 Å². The molecule has 0 radical (unpaired) electrons. The Morgan fingerprint density at radius 2 is 1.77 bits per heavy atom. The summed E-state index contributed by atoms with van der Waals surface area (Å²) >= 11 is 0. The van der Waals surface area contributed by atoms with Gasteiger partial charge in [0.2, 0.25) is 5.88 Å². The average Bonchev–Trinajstić information content (AvgIpc) is 2.28. The van der Waals surface area contributed by atoms with Gasteiger partial charge in [0.15, 0.2) is 0 Å². The molecule has 0 aliphatic carbocycles. The van der Waals surface area contributed by atoms with Crippen molar-refractivity contribution < 1.29 is 4.74 Å². The second-order valence-electron chi connectivity index (χ2n) is 4.30. The number of hydrogen-bond acceptors (Lipinski definition) is 2. The Labute approximate surface area is 79.7 Å². The molecule has 0 unspecified atom stereocenters. The van der Waals surface area contributed by atoms with Crippen molar-refractivity contribution in [3.05, 3.63) is 11.3 Å². The largest absolute Gasteiger partial charge is 0.481 e. The lowest BCUT2D eigenvalue weighted by Crippen LogP contribution is -2.23. The summed E-state index contributed by atoms with van der Waals surface area (Å²) in [4.78, 5) is 0. The van der Waals surface area contributed by atoms with E-state index in [-0.39, 0.29) is 5.54 Å². The molecule has 13 heavy (non-hydrogen) atoms. The summed E-state index contributed by atoms with van der Waals surface area (Å²) in [5.41, 5.74) is 2.13. The maximum Gasteiger partial charge on any atom is 0.215 e. The van der Waals surface area contributed by atoms with Crippen LogP contribution in [0.1, 0.15) is 32.0 Å². The van der Waals surface area contributed by atoms with Gasteiger partial charge in [-0.1, -0.05) is 0 Å². The summed E-state index contributed by atoms with van der Waals surface area (Å²) in [6.45, 7) is 10.4. The van der Waals surface area contributed by atoms with Gasteiger partial charge in [0.05, 0.1) is 18.3 Å². The van der Waals surface area contributed by atoms with E-state index in [0.717, 1.165) is 17.1 Å². The van der Waals surface area contributed by atoms with E-state index >= 15 is 0 Å². The van der Waals surface area contributed by atoms with Crippen LogP contribution in [0.2, 0.25) is 0 Å². The number of hydrogen-bond donors (Lipinski definition) is 0. The fraction of sp³-hybridized carbons (Fsp3) is 0.700. The molecule has 0 aliphatic heterocycles. The molecule has 0 bridgehead atoms. The molecular weight excluding hydrogens is 164 g/mol. The van der Waals surface area contributed by atoms with E-state index < -0.39 is 0 Å². The highest BCUT2D eigenvalue weighted by Crippen LogP contribution is 2.27. The Morgan fingerprint density at radius 3 is 2.08 bits per heavy atom. The summed E-state index contributed by atoms with van der Waals surface area (Å²) in [5.74, 6) is 0.866. The molecule has 0 spiro atoms. The molecule has 1 aromatic rings. The van der Waals surface area contributed by atoms with Crippen LogP contribution < -0.4 is 4.74 Å². The molecule has 0 saturated heterocycles. The van der Waals surface area contributed by atoms with Crippen molar-refractivity contribution in [2.75, 3.05) is 7.11 Å². The fourth-order valence-corrected chi connectivity index (χ4v) is 1.28. The Hall–Kier alpha value is -0.990. The number of ether oxygens (including phenoxy) is 1. The maximum atomic E-state index is 5.32. The first kappa shape index (κ1) is 10.1. The minimum atomic E-state index is -0.0234. The molecule has 0 amide bonds. The van der Waals surface area contributed by atoms with Crippen molar-refractivity contribution >= 4 is 0 Å². The van der Waals surface area contributed by atoms with Crippen LogP contribution in [-0.2, 0) is 5.54 Å². The third-order valence-electron chi connectivity index (χ3n) is 2.13. The standard InChI is InChI=1S/C10H18N2O/c1-7-8(2)11-12(9(7)13-6)10(3,4)5/h1-6H3. The molecule has 1 aromatic heterocycles. The van der Waals surface area contributed by atoms with E-state index in [4.69, 9.17) is 4.74 Å². The summed E-state index contributed by atoms with van der Waals surface area (Å²) < 4.78 is 7.25. The highest BCUT2D eigenvalue weighted by molar-refractivity contribution is 5.30. The van der Waals surface area contributed by atoms with Crippen molar-refractivity contribution in [2.24, 2.45) is 0 Å². The molecule has 0 fully saturated rings. The maximum absolute atomic E-state index is 5.32. The average molecular weight is 182 g/mol. The van der Waals surface area contributed by atoms with Gasteiger partial charge in [-0.15, -0.1) is 0 Å². The first-order valence-electron chi connectivity index (χ1n) is 4.48.